The highest BCUT2D eigenvalue weighted by Crippen LogP contribution is 2.23. The third kappa shape index (κ3) is 3.12. The molecule has 1 aromatic rings. The molecule has 0 aliphatic carbocycles. The molecule has 0 N–H and O–H groups in total. The first-order chi connectivity index (χ1) is 8.52. The van der Waals surface area contributed by atoms with Crippen molar-refractivity contribution in [3.8, 4) is 0 Å². The summed E-state index contributed by atoms with van der Waals surface area (Å²) in [6.07, 6.45) is 4.78. The Morgan fingerprint density at radius 2 is 2.00 bits per heavy atom. The van der Waals surface area contributed by atoms with Crippen molar-refractivity contribution in [1.82, 2.24) is 14.8 Å². The van der Waals surface area contributed by atoms with Gasteiger partial charge in [-0.05, 0) is 40.0 Å². The van der Waals surface area contributed by atoms with Crippen molar-refractivity contribution in [2.24, 2.45) is 0 Å². The Labute approximate surface area is 117 Å². The maximum Gasteiger partial charge on any atom is 0.144 e. The highest BCUT2D eigenvalue weighted by Gasteiger charge is 2.25. The number of halogens is 1. The molecule has 1 aliphatic heterocycles. The summed E-state index contributed by atoms with van der Waals surface area (Å²) >= 11 is 3.48. The Bertz CT molecular complexity index is 391. The van der Waals surface area contributed by atoms with E-state index in [0.29, 0.717) is 6.10 Å². The predicted molar refractivity (Wildman–Crippen MR) is 74.9 cm³/mol. The molecule has 1 aliphatic rings. The van der Waals surface area contributed by atoms with Gasteiger partial charge in [0.25, 0.3) is 0 Å². The maximum absolute atomic E-state index is 5.80. The first kappa shape index (κ1) is 14.0. The maximum atomic E-state index is 5.80. The van der Waals surface area contributed by atoms with Gasteiger partial charge in [-0.15, -0.1) is 10.2 Å². The summed E-state index contributed by atoms with van der Waals surface area (Å²) in [5.74, 6) is 2.04. The zero-order valence-electron chi connectivity index (χ0n) is 11.4. The van der Waals surface area contributed by atoms with Gasteiger partial charge < -0.3 is 9.30 Å². The van der Waals surface area contributed by atoms with Crippen LogP contribution in [-0.2, 0) is 22.0 Å². The number of ether oxygens (including phenoxy) is 1. The average Bonchev–Trinajstić information content (AvgIpc) is 2.73. The minimum atomic E-state index is 0.0105. The van der Waals surface area contributed by atoms with E-state index in [1.807, 2.05) is 0 Å². The summed E-state index contributed by atoms with van der Waals surface area (Å²) < 4.78 is 8.04. The third-order valence-corrected chi connectivity index (χ3v) is 3.77. The van der Waals surface area contributed by atoms with Crippen LogP contribution in [0.5, 0.6) is 0 Å². The lowest BCUT2D eigenvalue weighted by molar-refractivity contribution is 0.0146. The normalized spacial score (nSPS) is 21.2. The third-order valence-electron chi connectivity index (χ3n) is 3.27. The second kappa shape index (κ2) is 5.70. The van der Waals surface area contributed by atoms with Crippen molar-refractivity contribution in [2.75, 3.05) is 6.61 Å². The van der Waals surface area contributed by atoms with Crippen LogP contribution >= 0.6 is 15.9 Å². The molecule has 4 nitrogen and oxygen atoms in total. The summed E-state index contributed by atoms with van der Waals surface area (Å²) in [6.45, 7) is 7.45. The number of hydrogen-bond acceptors (Lipinski definition) is 3. The molecule has 1 fully saturated rings. The second-order valence-electron chi connectivity index (χ2n) is 5.87. The molecule has 0 amide bonds. The van der Waals surface area contributed by atoms with Crippen LogP contribution in [0, 0.1) is 0 Å². The fraction of sp³-hybridized carbons (Fsp3) is 0.846. The molecule has 0 radical (unpaired) electrons. The molecule has 2 heterocycles. The van der Waals surface area contributed by atoms with Crippen LogP contribution in [0.1, 0.15) is 51.7 Å². The van der Waals surface area contributed by atoms with Crippen LogP contribution in [0.3, 0.4) is 0 Å². The summed E-state index contributed by atoms with van der Waals surface area (Å²) in [4.78, 5) is 0. The summed E-state index contributed by atoms with van der Waals surface area (Å²) in [7, 11) is 0. The lowest BCUT2D eigenvalue weighted by atomic mass is 10.0. The molecule has 0 bridgehead atoms. The molecule has 0 aromatic carbocycles. The first-order valence-electron chi connectivity index (χ1n) is 6.63. The van der Waals surface area contributed by atoms with E-state index in [9.17, 15) is 0 Å². The van der Waals surface area contributed by atoms with Gasteiger partial charge >= 0.3 is 0 Å². The fourth-order valence-electron chi connectivity index (χ4n) is 2.52. The number of alkyl halides is 1. The van der Waals surface area contributed by atoms with Crippen LogP contribution in [0.4, 0.5) is 0 Å². The van der Waals surface area contributed by atoms with Crippen LogP contribution in [0.15, 0.2) is 0 Å². The lowest BCUT2D eigenvalue weighted by Crippen LogP contribution is -2.29. The Hall–Kier alpha value is -0.420. The second-order valence-corrected chi connectivity index (χ2v) is 6.43. The average molecular weight is 316 g/mol. The molecule has 1 unspecified atom stereocenters. The standard InChI is InChI=1S/C13H22BrN3O/c1-13(2,3)17-11(15-16-12(17)9-14)8-10-6-4-5-7-18-10/h10H,4-9H2,1-3H3. The van der Waals surface area contributed by atoms with E-state index >= 15 is 0 Å². The van der Waals surface area contributed by atoms with E-state index in [0.717, 1.165) is 36.4 Å². The largest absolute Gasteiger partial charge is 0.378 e. The fourth-order valence-corrected chi connectivity index (χ4v) is 2.88. The van der Waals surface area contributed by atoms with E-state index in [1.54, 1.807) is 0 Å². The molecule has 102 valence electrons. The van der Waals surface area contributed by atoms with Gasteiger partial charge in [0.2, 0.25) is 0 Å². The van der Waals surface area contributed by atoms with Crippen molar-refractivity contribution in [1.29, 1.82) is 0 Å². The van der Waals surface area contributed by atoms with E-state index in [1.165, 1.54) is 12.8 Å². The monoisotopic (exact) mass is 315 g/mol. The van der Waals surface area contributed by atoms with Crippen LogP contribution in [0.25, 0.3) is 0 Å². The van der Waals surface area contributed by atoms with Gasteiger partial charge in [-0.1, -0.05) is 15.9 Å². The lowest BCUT2D eigenvalue weighted by Gasteiger charge is -2.27. The van der Waals surface area contributed by atoms with E-state index in [2.05, 4.69) is 51.5 Å². The van der Waals surface area contributed by atoms with Crippen molar-refractivity contribution in [2.45, 2.75) is 63.4 Å². The molecular weight excluding hydrogens is 294 g/mol. The van der Waals surface area contributed by atoms with Crippen LogP contribution in [0.2, 0.25) is 0 Å². The van der Waals surface area contributed by atoms with Crippen molar-refractivity contribution >= 4 is 15.9 Å². The number of nitrogens with zero attached hydrogens (tertiary/aromatic N) is 3. The van der Waals surface area contributed by atoms with Crippen LogP contribution < -0.4 is 0 Å². The van der Waals surface area contributed by atoms with Gasteiger partial charge in [0.05, 0.1) is 11.4 Å². The molecular formula is C13H22BrN3O. The Morgan fingerprint density at radius 1 is 1.28 bits per heavy atom. The zero-order valence-corrected chi connectivity index (χ0v) is 13.0. The minimum Gasteiger partial charge on any atom is -0.378 e. The van der Waals surface area contributed by atoms with Gasteiger partial charge in [-0.3, -0.25) is 0 Å². The van der Waals surface area contributed by atoms with Gasteiger partial charge in [0.15, 0.2) is 0 Å². The Morgan fingerprint density at radius 3 is 2.56 bits per heavy atom. The van der Waals surface area contributed by atoms with E-state index in [-0.39, 0.29) is 5.54 Å². The molecule has 0 saturated carbocycles. The SMILES string of the molecule is CC(C)(C)n1c(CBr)nnc1CC1CCCCO1. The quantitative estimate of drug-likeness (QED) is 0.805. The summed E-state index contributed by atoms with van der Waals surface area (Å²) in [6, 6.07) is 0. The number of rotatable bonds is 3. The van der Waals surface area contributed by atoms with Gasteiger partial charge in [0, 0.05) is 18.6 Å². The smallest absolute Gasteiger partial charge is 0.144 e. The van der Waals surface area contributed by atoms with Crippen LogP contribution in [-0.4, -0.2) is 27.5 Å². The van der Waals surface area contributed by atoms with Gasteiger partial charge in [-0.2, -0.15) is 0 Å². The molecule has 5 heteroatoms. The number of hydrogen-bond donors (Lipinski definition) is 0. The highest BCUT2D eigenvalue weighted by atomic mass is 79.9. The van der Waals surface area contributed by atoms with Crippen molar-refractivity contribution in [3.63, 3.8) is 0 Å². The summed E-state index contributed by atoms with van der Waals surface area (Å²) in [5.41, 5.74) is 0.0105. The van der Waals surface area contributed by atoms with Gasteiger partial charge in [-0.25, -0.2) is 0 Å². The topological polar surface area (TPSA) is 39.9 Å². The van der Waals surface area contributed by atoms with Crippen molar-refractivity contribution in [3.05, 3.63) is 11.6 Å². The zero-order chi connectivity index (χ0) is 13.2. The summed E-state index contributed by atoms with van der Waals surface area (Å²) in [5, 5.41) is 9.37. The van der Waals surface area contributed by atoms with Crippen molar-refractivity contribution < 1.29 is 4.74 Å². The Balaban J connectivity index is 2.19. The molecule has 1 atom stereocenters. The predicted octanol–water partition coefficient (Wildman–Crippen LogP) is 3.04. The minimum absolute atomic E-state index is 0.0105. The highest BCUT2D eigenvalue weighted by molar-refractivity contribution is 9.08. The molecule has 1 saturated heterocycles. The van der Waals surface area contributed by atoms with E-state index < -0.39 is 0 Å². The Kier molecular flexibility index (Phi) is 4.43. The first-order valence-corrected chi connectivity index (χ1v) is 7.75. The molecule has 0 spiro atoms. The van der Waals surface area contributed by atoms with E-state index in [4.69, 9.17) is 4.74 Å². The molecule has 2 rings (SSSR count). The molecule has 18 heavy (non-hydrogen) atoms. The molecule has 1 aromatic heterocycles. The number of aromatic nitrogens is 3. The van der Waals surface area contributed by atoms with Gasteiger partial charge in [0.1, 0.15) is 11.6 Å².